The van der Waals surface area contributed by atoms with E-state index in [1.165, 1.54) is 6.07 Å². The van der Waals surface area contributed by atoms with Crippen molar-refractivity contribution in [2.45, 2.75) is 12.6 Å². The van der Waals surface area contributed by atoms with Crippen LogP contribution in [-0.2, 0) is 12.6 Å². The highest BCUT2D eigenvalue weighted by Gasteiger charge is 2.35. The number of alkyl halides is 3. The highest BCUT2D eigenvalue weighted by molar-refractivity contribution is 5.37. The monoisotopic (exact) mass is 231 g/mol. The van der Waals surface area contributed by atoms with Crippen LogP contribution >= 0.6 is 0 Å². The maximum atomic E-state index is 12.4. The second-order valence-corrected chi connectivity index (χ2v) is 2.78. The summed E-state index contributed by atoms with van der Waals surface area (Å²) >= 11 is 0. The zero-order chi connectivity index (χ0) is 12.3. The van der Waals surface area contributed by atoms with E-state index in [9.17, 15) is 23.3 Å². The summed E-state index contributed by atoms with van der Waals surface area (Å²) in [6, 6.07) is 1.89. The first-order chi connectivity index (χ1) is 7.36. The van der Waals surface area contributed by atoms with E-state index in [1.807, 2.05) is 0 Å². The number of aromatic nitrogens is 1. The minimum absolute atomic E-state index is 0.375. The first-order valence-corrected chi connectivity index (χ1v) is 3.93. The van der Waals surface area contributed by atoms with Gasteiger partial charge in [0.1, 0.15) is 6.20 Å². The molecule has 0 aromatic carbocycles. The van der Waals surface area contributed by atoms with Crippen molar-refractivity contribution in [1.29, 1.82) is 5.26 Å². The van der Waals surface area contributed by atoms with E-state index < -0.39 is 34.5 Å². The minimum atomic E-state index is -4.76. The van der Waals surface area contributed by atoms with Crippen molar-refractivity contribution in [1.82, 2.24) is 4.98 Å². The third-order valence-electron chi connectivity index (χ3n) is 1.72. The molecule has 0 unspecified atom stereocenters. The molecule has 1 aromatic rings. The van der Waals surface area contributed by atoms with E-state index in [0.29, 0.717) is 12.3 Å². The summed E-state index contributed by atoms with van der Waals surface area (Å²) in [6.07, 6.45) is -4.61. The Morgan fingerprint density at radius 2 is 2.19 bits per heavy atom. The van der Waals surface area contributed by atoms with E-state index in [2.05, 4.69) is 4.98 Å². The van der Waals surface area contributed by atoms with E-state index in [0.717, 1.165) is 0 Å². The molecular formula is C8H4F3N3O2. The predicted molar refractivity (Wildman–Crippen MR) is 45.2 cm³/mol. The molecule has 0 radical (unpaired) electrons. The van der Waals surface area contributed by atoms with Crippen LogP contribution in [-0.4, -0.2) is 9.91 Å². The van der Waals surface area contributed by atoms with Gasteiger partial charge in [-0.05, 0) is 0 Å². The smallest absolute Gasteiger partial charge is 0.258 e. The molecule has 84 valence electrons. The SMILES string of the molecule is N#CCc1ncc([N+](=O)[O-])cc1C(F)(F)F. The number of pyridine rings is 1. The third kappa shape index (κ3) is 2.44. The summed E-state index contributed by atoms with van der Waals surface area (Å²) in [5, 5.41) is 18.6. The van der Waals surface area contributed by atoms with Gasteiger partial charge in [0.05, 0.1) is 28.7 Å². The van der Waals surface area contributed by atoms with Gasteiger partial charge in [-0.1, -0.05) is 0 Å². The minimum Gasteiger partial charge on any atom is -0.258 e. The summed E-state index contributed by atoms with van der Waals surface area (Å²) in [5.41, 5.74) is -2.52. The van der Waals surface area contributed by atoms with Crippen molar-refractivity contribution in [3.8, 4) is 6.07 Å². The molecule has 0 N–H and O–H groups in total. The first-order valence-electron chi connectivity index (χ1n) is 3.93. The van der Waals surface area contributed by atoms with Gasteiger partial charge in [0.2, 0.25) is 0 Å². The fraction of sp³-hybridized carbons (Fsp3) is 0.250. The Labute approximate surface area is 87.3 Å². The van der Waals surface area contributed by atoms with Crippen LogP contribution in [0, 0.1) is 21.4 Å². The standard InChI is InChI=1S/C8H4F3N3O2/c9-8(10,11)6-3-5(14(15)16)4-13-7(6)1-2-12/h3-4H,1H2. The van der Waals surface area contributed by atoms with Gasteiger partial charge < -0.3 is 0 Å². The lowest BCUT2D eigenvalue weighted by Crippen LogP contribution is -2.11. The second-order valence-electron chi connectivity index (χ2n) is 2.78. The van der Waals surface area contributed by atoms with Gasteiger partial charge in [0.25, 0.3) is 5.69 Å². The van der Waals surface area contributed by atoms with Gasteiger partial charge in [-0.25, -0.2) is 0 Å². The van der Waals surface area contributed by atoms with Crippen LogP contribution in [0.2, 0.25) is 0 Å². The average Bonchev–Trinajstić information content (AvgIpc) is 2.16. The van der Waals surface area contributed by atoms with Crippen molar-refractivity contribution in [3.63, 3.8) is 0 Å². The van der Waals surface area contributed by atoms with Crippen LogP contribution < -0.4 is 0 Å². The number of halogens is 3. The Kier molecular flexibility index (Phi) is 3.08. The average molecular weight is 231 g/mol. The van der Waals surface area contributed by atoms with Crippen LogP contribution in [0.15, 0.2) is 12.3 Å². The van der Waals surface area contributed by atoms with Gasteiger partial charge in [-0.2, -0.15) is 18.4 Å². The molecule has 0 aliphatic heterocycles. The first kappa shape index (κ1) is 11.9. The van der Waals surface area contributed by atoms with Gasteiger partial charge in [0.15, 0.2) is 0 Å². The lowest BCUT2D eigenvalue weighted by atomic mass is 10.1. The molecule has 0 saturated carbocycles. The number of nitrogens with zero attached hydrogens (tertiary/aromatic N) is 3. The van der Waals surface area contributed by atoms with Crippen molar-refractivity contribution in [3.05, 3.63) is 33.6 Å². The maximum absolute atomic E-state index is 12.4. The number of nitro groups is 1. The quantitative estimate of drug-likeness (QED) is 0.576. The largest absolute Gasteiger partial charge is 0.418 e. The van der Waals surface area contributed by atoms with E-state index in [1.54, 1.807) is 0 Å². The molecule has 1 heterocycles. The molecule has 8 heteroatoms. The highest BCUT2D eigenvalue weighted by Crippen LogP contribution is 2.33. The van der Waals surface area contributed by atoms with Crippen LogP contribution in [0.1, 0.15) is 11.3 Å². The van der Waals surface area contributed by atoms with E-state index >= 15 is 0 Å². The molecule has 16 heavy (non-hydrogen) atoms. The topological polar surface area (TPSA) is 79.8 Å². The van der Waals surface area contributed by atoms with E-state index in [4.69, 9.17) is 5.26 Å². The van der Waals surface area contributed by atoms with Gasteiger partial charge in [-0.15, -0.1) is 0 Å². The van der Waals surface area contributed by atoms with Crippen LogP contribution in [0.3, 0.4) is 0 Å². The summed E-state index contributed by atoms with van der Waals surface area (Å²) in [5.74, 6) is 0. The Hall–Kier alpha value is -2.17. The Bertz CT molecular complexity index is 465. The Morgan fingerprint density at radius 3 is 2.62 bits per heavy atom. The number of rotatable bonds is 2. The molecule has 5 nitrogen and oxygen atoms in total. The molecule has 0 amide bonds. The van der Waals surface area contributed by atoms with Crippen molar-refractivity contribution < 1.29 is 18.1 Å². The summed E-state index contributed by atoms with van der Waals surface area (Å²) < 4.78 is 37.3. The molecule has 0 atom stereocenters. The van der Waals surface area contributed by atoms with Crippen molar-refractivity contribution >= 4 is 5.69 Å². The normalized spacial score (nSPS) is 10.9. The number of hydrogen-bond acceptors (Lipinski definition) is 4. The molecule has 1 aromatic heterocycles. The second kappa shape index (κ2) is 4.14. The molecule has 1 rings (SSSR count). The molecule has 0 aliphatic carbocycles. The lowest BCUT2D eigenvalue weighted by Gasteiger charge is -2.09. The predicted octanol–water partition coefficient (Wildman–Crippen LogP) is 2.07. The van der Waals surface area contributed by atoms with Crippen molar-refractivity contribution in [2.24, 2.45) is 0 Å². The molecule has 0 fully saturated rings. The third-order valence-corrected chi connectivity index (χ3v) is 1.72. The molecule has 0 saturated heterocycles. The lowest BCUT2D eigenvalue weighted by molar-refractivity contribution is -0.385. The summed E-state index contributed by atoms with van der Waals surface area (Å²) in [7, 11) is 0. The zero-order valence-electron chi connectivity index (χ0n) is 7.65. The van der Waals surface area contributed by atoms with Crippen LogP contribution in [0.5, 0.6) is 0 Å². The Morgan fingerprint density at radius 1 is 1.56 bits per heavy atom. The zero-order valence-corrected chi connectivity index (χ0v) is 7.65. The van der Waals surface area contributed by atoms with Crippen LogP contribution in [0.4, 0.5) is 18.9 Å². The van der Waals surface area contributed by atoms with Gasteiger partial charge in [0, 0.05) is 6.07 Å². The summed E-state index contributed by atoms with van der Waals surface area (Å²) in [4.78, 5) is 12.6. The fourth-order valence-electron chi connectivity index (χ4n) is 1.04. The molecule has 0 aliphatic rings. The van der Waals surface area contributed by atoms with Gasteiger partial charge >= 0.3 is 6.18 Å². The van der Waals surface area contributed by atoms with Crippen LogP contribution in [0.25, 0.3) is 0 Å². The van der Waals surface area contributed by atoms with Gasteiger partial charge in [-0.3, -0.25) is 15.1 Å². The molecule has 0 spiro atoms. The Balaban J connectivity index is 3.34. The highest BCUT2D eigenvalue weighted by atomic mass is 19.4. The number of nitriles is 1. The molecular weight excluding hydrogens is 227 g/mol. The molecule has 0 bridgehead atoms. The van der Waals surface area contributed by atoms with E-state index in [-0.39, 0.29) is 0 Å². The summed E-state index contributed by atoms with van der Waals surface area (Å²) in [6.45, 7) is 0. The number of hydrogen-bond donors (Lipinski definition) is 0. The maximum Gasteiger partial charge on any atom is 0.418 e. The fourth-order valence-corrected chi connectivity index (χ4v) is 1.04. The van der Waals surface area contributed by atoms with Crippen molar-refractivity contribution in [2.75, 3.05) is 0 Å².